The van der Waals surface area contributed by atoms with Gasteiger partial charge in [0.05, 0.1) is 6.61 Å². The summed E-state index contributed by atoms with van der Waals surface area (Å²) in [5.41, 5.74) is 10.6. The first kappa shape index (κ1) is 14.6. The second-order valence-corrected chi connectivity index (χ2v) is 5.21. The van der Waals surface area contributed by atoms with Crippen LogP contribution in [0.15, 0.2) is 18.2 Å². The van der Waals surface area contributed by atoms with Gasteiger partial charge in [-0.3, -0.25) is 4.79 Å². The SMILES string of the molecule is CCOC(=O)C(N)Cc1c(C)n(C)c2cc(C)ccc12. The molecule has 0 aliphatic rings. The van der Waals surface area contributed by atoms with E-state index in [2.05, 4.69) is 36.6 Å². The molecule has 4 nitrogen and oxygen atoms in total. The molecular formula is C16H22N2O2. The van der Waals surface area contributed by atoms with E-state index >= 15 is 0 Å². The molecule has 0 saturated heterocycles. The summed E-state index contributed by atoms with van der Waals surface area (Å²) in [6.07, 6.45) is 0.505. The van der Waals surface area contributed by atoms with E-state index in [4.69, 9.17) is 10.5 Å². The monoisotopic (exact) mass is 274 g/mol. The van der Waals surface area contributed by atoms with Crippen LogP contribution >= 0.6 is 0 Å². The summed E-state index contributed by atoms with van der Waals surface area (Å²) in [5.74, 6) is -0.337. The molecule has 2 N–H and O–H groups in total. The van der Waals surface area contributed by atoms with Gasteiger partial charge in [-0.15, -0.1) is 0 Å². The maximum atomic E-state index is 11.7. The van der Waals surface area contributed by atoms with E-state index in [0.717, 1.165) is 16.6 Å². The molecule has 0 fully saturated rings. The van der Waals surface area contributed by atoms with E-state index in [0.29, 0.717) is 13.0 Å². The Balaban J connectivity index is 2.39. The van der Waals surface area contributed by atoms with Crippen molar-refractivity contribution >= 4 is 16.9 Å². The van der Waals surface area contributed by atoms with Crippen LogP contribution in [0.3, 0.4) is 0 Å². The Morgan fingerprint density at radius 3 is 2.75 bits per heavy atom. The molecule has 0 spiro atoms. The normalized spacial score (nSPS) is 12.7. The zero-order chi connectivity index (χ0) is 14.9. The van der Waals surface area contributed by atoms with Gasteiger partial charge in [0.2, 0.25) is 0 Å². The van der Waals surface area contributed by atoms with Crippen molar-refractivity contribution in [3.63, 3.8) is 0 Å². The zero-order valence-corrected chi connectivity index (χ0v) is 12.6. The molecule has 0 bridgehead atoms. The number of nitrogens with zero attached hydrogens (tertiary/aromatic N) is 1. The van der Waals surface area contributed by atoms with Crippen LogP contribution < -0.4 is 5.73 Å². The first-order valence-electron chi connectivity index (χ1n) is 6.92. The van der Waals surface area contributed by atoms with Crippen molar-refractivity contribution in [3.8, 4) is 0 Å². The van der Waals surface area contributed by atoms with E-state index in [1.807, 2.05) is 7.05 Å². The quantitative estimate of drug-likeness (QED) is 0.870. The van der Waals surface area contributed by atoms with E-state index in [1.165, 1.54) is 11.1 Å². The molecule has 1 heterocycles. The summed E-state index contributed by atoms with van der Waals surface area (Å²) in [6, 6.07) is 5.73. The van der Waals surface area contributed by atoms with Crippen molar-refractivity contribution in [1.29, 1.82) is 0 Å². The topological polar surface area (TPSA) is 57.2 Å². The largest absolute Gasteiger partial charge is 0.465 e. The highest BCUT2D eigenvalue weighted by molar-refractivity contribution is 5.87. The predicted molar refractivity (Wildman–Crippen MR) is 80.7 cm³/mol. The van der Waals surface area contributed by atoms with E-state index in [9.17, 15) is 4.79 Å². The smallest absolute Gasteiger partial charge is 0.323 e. The Bertz CT molecular complexity index is 643. The van der Waals surface area contributed by atoms with E-state index in [1.54, 1.807) is 6.92 Å². The molecular weight excluding hydrogens is 252 g/mol. The van der Waals surface area contributed by atoms with Gasteiger partial charge in [-0.25, -0.2) is 0 Å². The number of esters is 1. The third kappa shape index (κ3) is 2.56. The molecule has 0 aliphatic carbocycles. The maximum absolute atomic E-state index is 11.7. The number of aryl methyl sites for hydroxylation is 2. The lowest BCUT2D eigenvalue weighted by Gasteiger charge is -2.11. The molecule has 2 aromatic rings. The third-order valence-electron chi connectivity index (χ3n) is 3.79. The molecule has 0 radical (unpaired) electrons. The zero-order valence-electron chi connectivity index (χ0n) is 12.6. The van der Waals surface area contributed by atoms with Crippen LogP contribution in [-0.4, -0.2) is 23.2 Å². The lowest BCUT2D eigenvalue weighted by atomic mass is 10.0. The van der Waals surface area contributed by atoms with Gasteiger partial charge in [0.1, 0.15) is 6.04 Å². The lowest BCUT2D eigenvalue weighted by Crippen LogP contribution is -2.34. The average molecular weight is 274 g/mol. The van der Waals surface area contributed by atoms with Crippen LogP contribution in [-0.2, 0) is 23.0 Å². The minimum absolute atomic E-state index is 0.337. The minimum Gasteiger partial charge on any atom is -0.465 e. The van der Waals surface area contributed by atoms with Crippen LogP contribution in [0.2, 0.25) is 0 Å². The lowest BCUT2D eigenvalue weighted by molar-refractivity contribution is -0.144. The molecule has 20 heavy (non-hydrogen) atoms. The molecule has 4 heteroatoms. The molecule has 108 valence electrons. The van der Waals surface area contributed by atoms with E-state index < -0.39 is 6.04 Å². The summed E-state index contributed by atoms with van der Waals surface area (Å²) in [6.45, 7) is 6.28. The number of benzene rings is 1. The van der Waals surface area contributed by atoms with Crippen molar-refractivity contribution in [2.24, 2.45) is 12.8 Å². The average Bonchev–Trinajstić information content (AvgIpc) is 2.64. The summed E-state index contributed by atoms with van der Waals surface area (Å²) >= 11 is 0. The number of carbonyl (C=O) groups excluding carboxylic acids is 1. The van der Waals surface area contributed by atoms with Crippen molar-refractivity contribution < 1.29 is 9.53 Å². The Morgan fingerprint density at radius 1 is 1.40 bits per heavy atom. The molecule has 1 unspecified atom stereocenters. The first-order valence-corrected chi connectivity index (χ1v) is 6.92. The van der Waals surface area contributed by atoms with Crippen molar-refractivity contribution in [1.82, 2.24) is 4.57 Å². The second-order valence-electron chi connectivity index (χ2n) is 5.21. The summed E-state index contributed by atoms with van der Waals surface area (Å²) in [5, 5.41) is 1.16. The van der Waals surface area contributed by atoms with Crippen LogP contribution in [0.5, 0.6) is 0 Å². The fourth-order valence-corrected chi connectivity index (χ4v) is 2.56. The van der Waals surface area contributed by atoms with Crippen LogP contribution in [0.25, 0.3) is 10.9 Å². The van der Waals surface area contributed by atoms with Crippen molar-refractivity contribution in [2.75, 3.05) is 6.61 Å². The number of hydrogen-bond acceptors (Lipinski definition) is 3. The Morgan fingerprint density at radius 2 is 2.10 bits per heavy atom. The molecule has 2 rings (SSSR count). The van der Waals surface area contributed by atoms with Crippen molar-refractivity contribution in [2.45, 2.75) is 33.2 Å². The molecule has 0 aliphatic heterocycles. The number of carbonyl (C=O) groups is 1. The molecule has 0 saturated carbocycles. The Hall–Kier alpha value is -1.81. The fraction of sp³-hybridized carbons (Fsp3) is 0.438. The van der Waals surface area contributed by atoms with Gasteiger partial charge in [0.25, 0.3) is 0 Å². The van der Waals surface area contributed by atoms with Gasteiger partial charge >= 0.3 is 5.97 Å². The summed E-state index contributed by atoms with van der Waals surface area (Å²) in [7, 11) is 2.04. The van der Waals surface area contributed by atoms with E-state index in [-0.39, 0.29) is 5.97 Å². The van der Waals surface area contributed by atoms with Crippen molar-refractivity contribution in [3.05, 3.63) is 35.0 Å². The Labute approximate surface area is 119 Å². The highest BCUT2D eigenvalue weighted by atomic mass is 16.5. The maximum Gasteiger partial charge on any atom is 0.323 e. The molecule has 1 aromatic heterocycles. The molecule has 1 aromatic carbocycles. The first-order chi connectivity index (χ1) is 9.45. The number of fused-ring (bicyclic) bond motifs is 1. The van der Waals surface area contributed by atoms with Crippen LogP contribution in [0.4, 0.5) is 0 Å². The van der Waals surface area contributed by atoms with Crippen LogP contribution in [0, 0.1) is 13.8 Å². The standard InChI is InChI=1S/C16H22N2O2/c1-5-20-16(19)14(17)9-13-11(3)18(4)15-8-10(2)6-7-12(13)15/h6-8,14H,5,9,17H2,1-4H3. The highest BCUT2D eigenvalue weighted by Gasteiger charge is 2.20. The highest BCUT2D eigenvalue weighted by Crippen LogP contribution is 2.26. The second kappa shape index (κ2) is 5.67. The van der Waals surface area contributed by atoms with Crippen LogP contribution in [0.1, 0.15) is 23.7 Å². The number of ether oxygens (including phenoxy) is 1. The van der Waals surface area contributed by atoms with Gasteiger partial charge < -0.3 is 15.0 Å². The number of hydrogen-bond donors (Lipinski definition) is 1. The number of aromatic nitrogens is 1. The van der Waals surface area contributed by atoms with Gasteiger partial charge in [-0.2, -0.15) is 0 Å². The summed E-state index contributed by atoms with van der Waals surface area (Å²) < 4.78 is 7.13. The minimum atomic E-state index is -0.611. The number of rotatable bonds is 4. The summed E-state index contributed by atoms with van der Waals surface area (Å²) in [4.78, 5) is 11.7. The molecule has 0 amide bonds. The van der Waals surface area contributed by atoms with Gasteiger partial charge in [0.15, 0.2) is 0 Å². The van der Waals surface area contributed by atoms with Gasteiger partial charge in [-0.05, 0) is 38.0 Å². The number of nitrogens with two attached hydrogens (primary N) is 1. The van der Waals surface area contributed by atoms with Gasteiger partial charge in [0, 0.05) is 30.1 Å². The fourth-order valence-electron chi connectivity index (χ4n) is 2.56. The Kier molecular flexibility index (Phi) is 4.14. The molecule has 1 atom stereocenters. The predicted octanol–water partition coefficient (Wildman–Crippen LogP) is 2.23. The third-order valence-corrected chi connectivity index (χ3v) is 3.79. The van der Waals surface area contributed by atoms with Gasteiger partial charge in [-0.1, -0.05) is 12.1 Å².